The fourth-order valence-electron chi connectivity index (χ4n) is 8.40. The molecule has 0 saturated carbocycles. The van der Waals surface area contributed by atoms with Crippen molar-refractivity contribution in [2.45, 2.75) is 57.2 Å². The standard InChI is InChI=1S/C51H52O3Si2/c1-49(2,3)55(45-30-14-8-15-31-45,46-32-16-9-17-33-46)53-43-28-22-26-41(38-43)51(52,40-24-12-7-13-25-40)42-27-23-29-44(39-42)54-56(50(4,5)6,47-34-18-10-19-35-47)48-36-20-11-21-37-48/h7-39,52H,1-6H3. The average molecular weight is 769 g/mol. The lowest BCUT2D eigenvalue weighted by atomic mass is 9.80. The normalized spacial score (nSPS) is 12.6. The Hall–Kier alpha value is -5.47. The van der Waals surface area contributed by atoms with Crippen molar-refractivity contribution < 1.29 is 14.0 Å². The van der Waals surface area contributed by atoms with Crippen LogP contribution in [0.2, 0.25) is 10.1 Å². The third-order valence-corrected chi connectivity index (χ3v) is 21.0. The molecule has 0 fully saturated rings. The van der Waals surface area contributed by atoms with Gasteiger partial charge in [0.2, 0.25) is 0 Å². The van der Waals surface area contributed by atoms with Crippen LogP contribution in [0, 0.1) is 0 Å². The summed E-state index contributed by atoms with van der Waals surface area (Å²) in [6, 6.07) is 68.7. The van der Waals surface area contributed by atoms with Gasteiger partial charge in [-0.3, -0.25) is 0 Å². The highest BCUT2D eigenvalue weighted by atomic mass is 28.4. The van der Waals surface area contributed by atoms with Crippen LogP contribution in [0.15, 0.2) is 200 Å². The van der Waals surface area contributed by atoms with Crippen molar-refractivity contribution >= 4 is 37.4 Å². The molecule has 0 bridgehead atoms. The molecule has 0 aliphatic heterocycles. The lowest BCUT2D eigenvalue weighted by molar-refractivity contribution is 0.125. The molecule has 282 valence electrons. The summed E-state index contributed by atoms with van der Waals surface area (Å²) in [7, 11) is -5.89. The monoisotopic (exact) mass is 768 g/mol. The van der Waals surface area contributed by atoms with E-state index in [0.29, 0.717) is 22.6 Å². The van der Waals surface area contributed by atoms with Crippen LogP contribution in [-0.2, 0) is 5.60 Å². The summed E-state index contributed by atoms with van der Waals surface area (Å²) >= 11 is 0. The van der Waals surface area contributed by atoms with Crippen LogP contribution in [-0.4, -0.2) is 21.7 Å². The summed E-state index contributed by atoms with van der Waals surface area (Å²) in [4.78, 5) is 0. The molecule has 0 spiro atoms. The summed E-state index contributed by atoms with van der Waals surface area (Å²) in [5.74, 6) is 1.43. The van der Waals surface area contributed by atoms with Crippen molar-refractivity contribution in [3.63, 3.8) is 0 Å². The predicted octanol–water partition coefficient (Wildman–Crippen LogP) is 9.85. The minimum atomic E-state index is -2.95. The smallest absolute Gasteiger partial charge is 0.319 e. The van der Waals surface area contributed by atoms with Gasteiger partial charge in [-0.15, -0.1) is 0 Å². The van der Waals surface area contributed by atoms with Gasteiger partial charge >= 0.3 is 16.6 Å². The lowest BCUT2D eigenvalue weighted by Crippen LogP contribution is -2.68. The number of hydrogen-bond acceptors (Lipinski definition) is 3. The maximum Gasteiger partial charge on any atom is 0.319 e. The summed E-state index contributed by atoms with van der Waals surface area (Å²) in [6.07, 6.45) is 0. The summed E-state index contributed by atoms with van der Waals surface area (Å²) in [6.45, 7) is 13.7. The predicted molar refractivity (Wildman–Crippen MR) is 238 cm³/mol. The van der Waals surface area contributed by atoms with Gasteiger partial charge in [-0.25, -0.2) is 0 Å². The van der Waals surface area contributed by atoms with Crippen LogP contribution in [0.4, 0.5) is 0 Å². The Morgan fingerprint density at radius 2 is 0.607 bits per heavy atom. The maximum atomic E-state index is 13.4. The first kappa shape index (κ1) is 38.8. The van der Waals surface area contributed by atoms with Crippen molar-refractivity contribution in [1.29, 1.82) is 0 Å². The molecule has 7 aromatic rings. The van der Waals surface area contributed by atoms with Crippen LogP contribution in [0.1, 0.15) is 58.2 Å². The highest BCUT2D eigenvalue weighted by molar-refractivity contribution is 7.00. The summed E-state index contributed by atoms with van der Waals surface area (Å²) in [5, 5.41) is 17.7. The second-order valence-corrected chi connectivity index (χ2v) is 25.1. The molecule has 0 unspecified atom stereocenters. The molecular formula is C51H52O3Si2. The summed E-state index contributed by atoms with van der Waals surface area (Å²) < 4.78 is 15.0. The Bertz CT molecular complexity index is 2110. The molecule has 0 saturated heterocycles. The molecule has 7 rings (SSSR count). The average Bonchev–Trinajstić information content (AvgIpc) is 3.22. The fourth-order valence-corrected chi connectivity index (χ4v) is 17.2. The topological polar surface area (TPSA) is 38.7 Å². The zero-order chi connectivity index (χ0) is 39.4. The molecule has 0 aliphatic rings. The first-order chi connectivity index (χ1) is 26.9. The molecule has 0 amide bonds. The van der Waals surface area contributed by atoms with Gasteiger partial charge < -0.3 is 14.0 Å². The molecule has 3 nitrogen and oxygen atoms in total. The third kappa shape index (κ3) is 7.07. The quantitative estimate of drug-likeness (QED) is 0.105. The van der Waals surface area contributed by atoms with E-state index in [1.807, 2.05) is 78.9 Å². The molecule has 7 aromatic carbocycles. The molecule has 5 heteroatoms. The van der Waals surface area contributed by atoms with E-state index in [0.717, 1.165) is 5.56 Å². The van der Waals surface area contributed by atoms with Gasteiger partial charge in [0.05, 0.1) is 0 Å². The van der Waals surface area contributed by atoms with E-state index in [4.69, 9.17) is 8.85 Å². The van der Waals surface area contributed by atoms with Gasteiger partial charge in [0.15, 0.2) is 0 Å². The first-order valence-electron chi connectivity index (χ1n) is 19.5. The van der Waals surface area contributed by atoms with Crippen molar-refractivity contribution in [2.24, 2.45) is 0 Å². The van der Waals surface area contributed by atoms with E-state index in [9.17, 15) is 5.11 Å². The molecule has 0 aliphatic carbocycles. The van der Waals surface area contributed by atoms with E-state index in [1.165, 1.54) is 20.7 Å². The Balaban J connectivity index is 1.38. The molecule has 1 N–H and O–H groups in total. The van der Waals surface area contributed by atoms with Gasteiger partial charge in [-0.2, -0.15) is 0 Å². The van der Waals surface area contributed by atoms with Crippen molar-refractivity contribution in [1.82, 2.24) is 0 Å². The Morgan fingerprint density at radius 3 is 0.893 bits per heavy atom. The lowest BCUT2D eigenvalue weighted by Gasteiger charge is -2.43. The largest absolute Gasteiger partial charge is 0.534 e. The zero-order valence-electron chi connectivity index (χ0n) is 33.3. The Morgan fingerprint density at radius 1 is 0.339 bits per heavy atom. The van der Waals surface area contributed by atoms with E-state index in [2.05, 4.69) is 163 Å². The van der Waals surface area contributed by atoms with Crippen molar-refractivity contribution in [3.8, 4) is 11.5 Å². The second-order valence-electron chi connectivity index (χ2n) is 16.7. The molecule has 0 aromatic heterocycles. The Kier molecular flexibility index (Phi) is 10.8. The van der Waals surface area contributed by atoms with Gasteiger partial charge in [-0.1, -0.05) is 217 Å². The van der Waals surface area contributed by atoms with Crippen LogP contribution in [0.5, 0.6) is 11.5 Å². The second kappa shape index (κ2) is 15.6. The highest BCUT2D eigenvalue weighted by Crippen LogP contribution is 2.43. The van der Waals surface area contributed by atoms with Crippen LogP contribution in [0.3, 0.4) is 0 Å². The fraction of sp³-hybridized carbons (Fsp3) is 0.176. The molecule has 56 heavy (non-hydrogen) atoms. The van der Waals surface area contributed by atoms with Gasteiger partial charge in [0.25, 0.3) is 0 Å². The number of rotatable bonds is 11. The van der Waals surface area contributed by atoms with E-state index in [-0.39, 0.29) is 10.1 Å². The van der Waals surface area contributed by atoms with Crippen LogP contribution >= 0.6 is 0 Å². The highest BCUT2D eigenvalue weighted by Gasteiger charge is 2.53. The zero-order valence-corrected chi connectivity index (χ0v) is 35.3. The van der Waals surface area contributed by atoms with Crippen molar-refractivity contribution in [2.75, 3.05) is 0 Å². The maximum absolute atomic E-state index is 13.4. The molecule has 0 heterocycles. The minimum Gasteiger partial charge on any atom is -0.534 e. The number of hydrogen-bond donors (Lipinski definition) is 1. The SMILES string of the molecule is CC(C)(C)[Si](Oc1cccc(C(O)(c2ccccc2)c2cccc(O[Si](c3ccccc3)(c3ccccc3)C(C)(C)C)c2)c1)(c1ccccc1)c1ccccc1. The van der Waals surface area contributed by atoms with E-state index in [1.54, 1.807) is 0 Å². The number of aliphatic hydroxyl groups is 1. The molecule has 0 radical (unpaired) electrons. The van der Waals surface area contributed by atoms with Gasteiger partial charge in [-0.05, 0) is 71.8 Å². The minimum absolute atomic E-state index is 0.228. The summed E-state index contributed by atoms with van der Waals surface area (Å²) in [5.41, 5.74) is 0.644. The van der Waals surface area contributed by atoms with E-state index >= 15 is 0 Å². The third-order valence-electron chi connectivity index (χ3n) is 11.1. The van der Waals surface area contributed by atoms with E-state index < -0.39 is 22.2 Å². The number of benzene rings is 7. The molecular weight excluding hydrogens is 717 g/mol. The van der Waals surface area contributed by atoms with Gasteiger partial charge in [0.1, 0.15) is 17.1 Å². The molecule has 0 atom stereocenters. The first-order valence-corrected chi connectivity index (χ1v) is 23.3. The van der Waals surface area contributed by atoms with Gasteiger partial charge in [0, 0.05) is 0 Å². The van der Waals surface area contributed by atoms with Crippen molar-refractivity contribution in [3.05, 3.63) is 217 Å². The van der Waals surface area contributed by atoms with Crippen LogP contribution in [0.25, 0.3) is 0 Å². The Labute approximate surface area is 335 Å². The van der Waals surface area contributed by atoms with Crippen LogP contribution < -0.4 is 29.6 Å².